The molecule has 0 aromatic carbocycles. The number of pyridine rings is 1. The van der Waals surface area contributed by atoms with Crippen molar-refractivity contribution in [2.45, 2.75) is 0 Å². The number of hydrogen-bond donors (Lipinski definition) is 1. The predicted molar refractivity (Wildman–Crippen MR) is 52.7 cm³/mol. The predicted octanol–water partition coefficient (Wildman–Crippen LogP) is 1.09. The van der Waals surface area contributed by atoms with Gasteiger partial charge in [-0.2, -0.15) is 5.10 Å². The number of aromatic nitrogens is 3. The molecular formula is C8H8ClN3O2. The first-order valence-electron chi connectivity index (χ1n) is 3.71. The first-order valence-corrected chi connectivity index (χ1v) is 3.71. The summed E-state index contributed by atoms with van der Waals surface area (Å²) < 4.78 is 1.51. The second-order valence-corrected chi connectivity index (χ2v) is 2.65. The van der Waals surface area contributed by atoms with E-state index in [1.807, 2.05) is 0 Å². The molecule has 0 saturated carbocycles. The average Bonchev–Trinajstić information content (AvgIpc) is 2.45. The maximum Gasteiger partial charge on any atom is 0.358 e. The van der Waals surface area contributed by atoms with Gasteiger partial charge in [0.2, 0.25) is 0 Å². The van der Waals surface area contributed by atoms with Crippen LogP contribution in [0, 0.1) is 0 Å². The van der Waals surface area contributed by atoms with Gasteiger partial charge in [-0.15, -0.1) is 12.4 Å². The lowest BCUT2D eigenvalue weighted by Crippen LogP contribution is -1.99. The molecule has 0 aliphatic rings. The first kappa shape index (κ1) is 10.5. The van der Waals surface area contributed by atoms with Crippen molar-refractivity contribution < 1.29 is 9.90 Å². The van der Waals surface area contributed by atoms with E-state index in [0.29, 0.717) is 5.52 Å². The van der Waals surface area contributed by atoms with Crippen LogP contribution in [-0.2, 0) is 7.05 Å². The van der Waals surface area contributed by atoms with Crippen LogP contribution in [0.3, 0.4) is 0 Å². The Bertz CT molecular complexity index is 480. The van der Waals surface area contributed by atoms with Crippen molar-refractivity contribution in [3.05, 3.63) is 24.0 Å². The summed E-state index contributed by atoms with van der Waals surface area (Å²) in [5, 5.41) is 12.6. The summed E-state index contributed by atoms with van der Waals surface area (Å²) in [5.41, 5.74) is 1.15. The highest BCUT2D eigenvalue weighted by atomic mass is 35.5. The molecule has 0 bridgehead atoms. The summed E-state index contributed by atoms with van der Waals surface area (Å²) in [7, 11) is 1.69. The van der Waals surface area contributed by atoms with E-state index < -0.39 is 5.97 Å². The molecule has 2 aromatic heterocycles. The summed E-state index contributed by atoms with van der Waals surface area (Å²) in [6, 6.07) is 3.53. The molecule has 14 heavy (non-hydrogen) atoms. The quantitative estimate of drug-likeness (QED) is 0.770. The molecule has 2 rings (SSSR count). The van der Waals surface area contributed by atoms with Gasteiger partial charge in [0.1, 0.15) is 5.52 Å². The molecule has 1 N–H and O–H groups in total. The molecule has 0 spiro atoms. The van der Waals surface area contributed by atoms with Gasteiger partial charge in [-0.25, -0.2) is 4.79 Å². The minimum Gasteiger partial charge on any atom is -0.476 e. The maximum absolute atomic E-state index is 10.7. The van der Waals surface area contributed by atoms with E-state index in [1.165, 1.54) is 4.68 Å². The number of carboxylic acid groups (broad SMARTS) is 1. The first-order chi connectivity index (χ1) is 6.20. The van der Waals surface area contributed by atoms with Crippen LogP contribution >= 0.6 is 12.4 Å². The fraction of sp³-hybridized carbons (Fsp3) is 0.125. The molecule has 0 radical (unpaired) electrons. The van der Waals surface area contributed by atoms with Gasteiger partial charge in [-0.05, 0) is 12.1 Å². The second kappa shape index (κ2) is 3.63. The zero-order valence-electron chi connectivity index (χ0n) is 7.34. The monoisotopic (exact) mass is 213 g/mol. The Morgan fingerprint density at radius 1 is 1.57 bits per heavy atom. The minimum absolute atomic E-state index is 0. The fourth-order valence-electron chi connectivity index (χ4n) is 1.24. The molecule has 0 saturated heterocycles. The number of carbonyl (C=O) groups is 1. The minimum atomic E-state index is -1.05. The van der Waals surface area contributed by atoms with E-state index in [0.717, 1.165) is 5.52 Å². The topological polar surface area (TPSA) is 68.0 Å². The van der Waals surface area contributed by atoms with Gasteiger partial charge in [0.25, 0.3) is 0 Å². The molecule has 0 fully saturated rings. The number of carboxylic acids is 1. The second-order valence-electron chi connectivity index (χ2n) is 2.65. The van der Waals surface area contributed by atoms with Crippen LogP contribution in [-0.4, -0.2) is 25.8 Å². The van der Waals surface area contributed by atoms with E-state index in [2.05, 4.69) is 10.1 Å². The maximum atomic E-state index is 10.7. The van der Waals surface area contributed by atoms with Gasteiger partial charge in [0.05, 0.1) is 5.52 Å². The molecule has 0 amide bonds. The number of nitrogens with zero attached hydrogens (tertiary/aromatic N) is 3. The zero-order chi connectivity index (χ0) is 9.42. The Morgan fingerprint density at radius 3 is 2.93 bits per heavy atom. The van der Waals surface area contributed by atoms with Crippen molar-refractivity contribution in [2.24, 2.45) is 7.05 Å². The van der Waals surface area contributed by atoms with Crippen LogP contribution in [0.5, 0.6) is 0 Å². The van der Waals surface area contributed by atoms with Gasteiger partial charge in [-0.3, -0.25) is 9.67 Å². The van der Waals surface area contributed by atoms with Gasteiger partial charge in [0, 0.05) is 13.2 Å². The van der Waals surface area contributed by atoms with Crippen molar-refractivity contribution in [1.82, 2.24) is 14.8 Å². The van der Waals surface area contributed by atoms with Gasteiger partial charge < -0.3 is 5.11 Å². The van der Waals surface area contributed by atoms with Crippen LogP contribution in [0.1, 0.15) is 10.5 Å². The molecule has 0 aliphatic heterocycles. The fourth-order valence-corrected chi connectivity index (χ4v) is 1.24. The van der Waals surface area contributed by atoms with E-state index in [9.17, 15) is 4.79 Å². The normalized spacial score (nSPS) is 9.79. The summed E-state index contributed by atoms with van der Waals surface area (Å²) in [6.45, 7) is 0. The molecular weight excluding hydrogens is 206 g/mol. The Labute approximate surface area is 85.8 Å². The van der Waals surface area contributed by atoms with Gasteiger partial charge in [-0.1, -0.05) is 0 Å². The number of aromatic carboxylic acids is 1. The molecule has 74 valence electrons. The van der Waals surface area contributed by atoms with Crippen LogP contribution in [0.15, 0.2) is 18.3 Å². The number of aryl methyl sites for hydroxylation is 1. The summed E-state index contributed by atoms with van der Waals surface area (Å²) in [5.74, 6) is -1.05. The van der Waals surface area contributed by atoms with E-state index in [-0.39, 0.29) is 18.1 Å². The number of hydrogen-bond acceptors (Lipinski definition) is 3. The Kier molecular flexibility index (Phi) is 2.71. The summed E-state index contributed by atoms with van der Waals surface area (Å²) in [4.78, 5) is 14.7. The van der Waals surface area contributed by atoms with Crippen molar-refractivity contribution in [1.29, 1.82) is 0 Å². The molecule has 0 atom stereocenters. The van der Waals surface area contributed by atoms with Crippen molar-refractivity contribution in [3.63, 3.8) is 0 Å². The Balaban J connectivity index is 0.000000980. The van der Waals surface area contributed by atoms with Crippen molar-refractivity contribution in [2.75, 3.05) is 0 Å². The van der Waals surface area contributed by atoms with E-state index >= 15 is 0 Å². The number of rotatable bonds is 1. The molecule has 6 heteroatoms. The van der Waals surface area contributed by atoms with E-state index in [4.69, 9.17) is 5.11 Å². The lowest BCUT2D eigenvalue weighted by molar-refractivity contribution is 0.0691. The smallest absolute Gasteiger partial charge is 0.358 e. The van der Waals surface area contributed by atoms with Gasteiger partial charge in [0.15, 0.2) is 5.69 Å². The van der Waals surface area contributed by atoms with Crippen molar-refractivity contribution >= 4 is 29.4 Å². The van der Waals surface area contributed by atoms with Crippen LogP contribution in [0.2, 0.25) is 0 Å². The number of fused-ring (bicyclic) bond motifs is 1. The lowest BCUT2D eigenvalue weighted by atomic mass is 10.3. The molecule has 2 aromatic rings. The van der Waals surface area contributed by atoms with Crippen LogP contribution in [0.25, 0.3) is 11.0 Å². The zero-order valence-corrected chi connectivity index (χ0v) is 8.15. The third-order valence-electron chi connectivity index (χ3n) is 1.81. The SMILES string of the molecule is Cl.Cn1nc(C(=O)O)c2ncccc21. The number of halogens is 1. The largest absolute Gasteiger partial charge is 0.476 e. The highest BCUT2D eigenvalue weighted by molar-refractivity contribution is 5.98. The van der Waals surface area contributed by atoms with Crippen LogP contribution < -0.4 is 0 Å². The highest BCUT2D eigenvalue weighted by Crippen LogP contribution is 2.13. The molecule has 0 unspecified atom stereocenters. The van der Waals surface area contributed by atoms with Gasteiger partial charge >= 0.3 is 5.97 Å². The molecule has 0 aliphatic carbocycles. The Morgan fingerprint density at radius 2 is 2.29 bits per heavy atom. The third-order valence-corrected chi connectivity index (χ3v) is 1.81. The summed E-state index contributed by atoms with van der Waals surface area (Å²) >= 11 is 0. The van der Waals surface area contributed by atoms with Crippen LogP contribution in [0.4, 0.5) is 0 Å². The molecule has 5 nitrogen and oxygen atoms in total. The van der Waals surface area contributed by atoms with E-state index in [1.54, 1.807) is 25.4 Å². The highest BCUT2D eigenvalue weighted by Gasteiger charge is 2.14. The summed E-state index contributed by atoms with van der Waals surface area (Å²) in [6.07, 6.45) is 1.55. The standard InChI is InChI=1S/C8H7N3O2.ClH/c1-11-5-3-2-4-9-6(5)7(10-11)8(12)13;/h2-4H,1H3,(H,12,13);1H. The lowest BCUT2D eigenvalue weighted by Gasteiger charge is -1.89. The third kappa shape index (κ3) is 1.42. The Hall–Kier alpha value is -1.62. The van der Waals surface area contributed by atoms with Crippen molar-refractivity contribution in [3.8, 4) is 0 Å². The molecule has 2 heterocycles. The average molecular weight is 214 g/mol.